The summed E-state index contributed by atoms with van der Waals surface area (Å²) in [4.78, 5) is 34.9. The fourth-order valence-corrected chi connectivity index (χ4v) is 7.68. The van der Waals surface area contributed by atoms with Gasteiger partial charge in [-0.05, 0) is 73.1 Å². The normalized spacial score (nSPS) is 19.2. The Bertz CT molecular complexity index is 2680. The Labute approximate surface area is 338 Å². The van der Waals surface area contributed by atoms with Crippen LogP contribution < -0.4 is 20.4 Å². The number of halogens is 1. The van der Waals surface area contributed by atoms with Gasteiger partial charge in [0.1, 0.15) is 41.4 Å². The third kappa shape index (κ3) is 7.13. The molecule has 9 rings (SSSR count). The van der Waals surface area contributed by atoms with Crippen LogP contribution in [0.25, 0.3) is 27.5 Å². The van der Waals surface area contributed by atoms with Gasteiger partial charge in [-0.3, -0.25) is 19.7 Å². The number of para-hydroxylation sites is 2. The fourth-order valence-electron chi connectivity index (χ4n) is 7.29. The SMILES string of the molecule is COc1nc(C2=NC(C)(c3cn(C)c4ccccc34)CON2)ccc1-n1cnc(C)c1.COc1nc(C2=NC(C)(c3cn(C)c4ccccc34)CON2)ccc1Br. The lowest BCUT2D eigenvalue weighted by atomic mass is 9.92. The summed E-state index contributed by atoms with van der Waals surface area (Å²) in [5.41, 5.74) is 12.3. The van der Waals surface area contributed by atoms with Crippen molar-refractivity contribution >= 4 is 49.4 Å². The van der Waals surface area contributed by atoms with Gasteiger partial charge in [-0.1, -0.05) is 36.4 Å². The summed E-state index contributed by atoms with van der Waals surface area (Å²) in [6, 6.07) is 24.2. The highest BCUT2D eigenvalue weighted by molar-refractivity contribution is 9.10. The quantitative estimate of drug-likeness (QED) is 0.177. The van der Waals surface area contributed by atoms with E-state index in [0.29, 0.717) is 48.0 Å². The Hall–Kier alpha value is -6.03. The van der Waals surface area contributed by atoms with E-state index in [-0.39, 0.29) is 0 Å². The monoisotopic (exact) mass is 830 g/mol. The van der Waals surface area contributed by atoms with Gasteiger partial charge < -0.3 is 23.2 Å². The number of hydrogen-bond donors (Lipinski definition) is 2. The number of amidine groups is 2. The first-order valence-electron chi connectivity index (χ1n) is 18.3. The number of hydrogen-bond acceptors (Lipinski definition) is 11. The number of nitrogens with one attached hydrogen (secondary N) is 2. The summed E-state index contributed by atoms with van der Waals surface area (Å²) in [5, 5.41) is 2.34. The van der Waals surface area contributed by atoms with E-state index < -0.39 is 11.1 Å². The number of fused-ring (bicyclic) bond motifs is 2. The molecule has 0 aliphatic carbocycles. The van der Waals surface area contributed by atoms with Crippen LogP contribution in [0.1, 0.15) is 42.1 Å². The summed E-state index contributed by atoms with van der Waals surface area (Å²) in [7, 11) is 7.28. The van der Waals surface area contributed by atoms with Gasteiger partial charge in [0.15, 0.2) is 11.7 Å². The van der Waals surface area contributed by atoms with E-state index in [0.717, 1.165) is 37.9 Å². The molecule has 0 fully saturated rings. The van der Waals surface area contributed by atoms with Crippen molar-refractivity contribution in [1.82, 2.24) is 39.6 Å². The Morgan fingerprint density at radius 1 is 0.684 bits per heavy atom. The molecule has 0 amide bonds. The Morgan fingerprint density at radius 2 is 1.19 bits per heavy atom. The molecule has 292 valence electrons. The summed E-state index contributed by atoms with van der Waals surface area (Å²) in [5.74, 6) is 2.13. The molecule has 2 atom stereocenters. The molecule has 2 aromatic carbocycles. The number of aromatic nitrogens is 6. The molecule has 0 bridgehead atoms. The van der Waals surface area contributed by atoms with E-state index in [1.165, 1.54) is 10.9 Å². The second-order valence-electron chi connectivity index (χ2n) is 14.4. The lowest BCUT2D eigenvalue weighted by molar-refractivity contribution is 0.0342. The van der Waals surface area contributed by atoms with Crippen LogP contribution in [0, 0.1) is 6.92 Å². The second kappa shape index (κ2) is 15.1. The summed E-state index contributed by atoms with van der Waals surface area (Å²) < 4.78 is 17.8. The third-order valence-corrected chi connectivity index (χ3v) is 10.8. The Balaban J connectivity index is 0.000000162. The molecule has 57 heavy (non-hydrogen) atoms. The van der Waals surface area contributed by atoms with Crippen LogP contribution in [0.15, 0.2) is 112 Å². The first-order chi connectivity index (χ1) is 27.5. The zero-order chi connectivity index (χ0) is 39.9. The highest BCUT2D eigenvalue weighted by Gasteiger charge is 2.36. The van der Waals surface area contributed by atoms with Crippen molar-refractivity contribution in [2.75, 3.05) is 27.4 Å². The van der Waals surface area contributed by atoms with Gasteiger partial charge in [-0.2, -0.15) is 0 Å². The third-order valence-electron chi connectivity index (χ3n) is 10.2. The van der Waals surface area contributed by atoms with Gasteiger partial charge in [0.2, 0.25) is 11.8 Å². The maximum atomic E-state index is 5.77. The number of pyridine rings is 2. The predicted molar refractivity (Wildman–Crippen MR) is 223 cm³/mol. The molecule has 15 heteroatoms. The minimum absolute atomic E-state index is 0.411. The van der Waals surface area contributed by atoms with Crippen LogP contribution in [-0.2, 0) is 34.8 Å². The largest absolute Gasteiger partial charge is 0.480 e. The summed E-state index contributed by atoms with van der Waals surface area (Å²) in [6.07, 6.45) is 7.91. The van der Waals surface area contributed by atoms with Crippen molar-refractivity contribution in [2.45, 2.75) is 31.8 Å². The van der Waals surface area contributed by atoms with E-state index >= 15 is 0 Å². The number of aryl methyl sites for hydroxylation is 3. The number of methoxy groups -OCH3 is 2. The molecule has 2 unspecified atom stereocenters. The van der Waals surface area contributed by atoms with Gasteiger partial charge in [0, 0.05) is 65.6 Å². The number of rotatable bonds is 7. The molecule has 0 saturated heterocycles. The van der Waals surface area contributed by atoms with Gasteiger partial charge in [-0.25, -0.2) is 25.9 Å². The van der Waals surface area contributed by atoms with Crippen molar-refractivity contribution in [1.29, 1.82) is 0 Å². The highest BCUT2D eigenvalue weighted by atomic mass is 79.9. The van der Waals surface area contributed by atoms with Crippen molar-refractivity contribution in [2.24, 2.45) is 24.1 Å². The summed E-state index contributed by atoms with van der Waals surface area (Å²) >= 11 is 3.42. The molecule has 0 spiro atoms. The maximum Gasteiger partial charge on any atom is 0.238 e. The van der Waals surface area contributed by atoms with Gasteiger partial charge in [0.25, 0.3) is 0 Å². The van der Waals surface area contributed by atoms with Crippen molar-refractivity contribution < 1.29 is 19.1 Å². The van der Waals surface area contributed by atoms with Crippen LogP contribution in [0.4, 0.5) is 0 Å². The molecular weight excluding hydrogens is 788 g/mol. The molecule has 0 radical (unpaired) electrons. The maximum absolute atomic E-state index is 5.77. The molecule has 2 aliphatic rings. The van der Waals surface area contributed by atoms with Gasteiger partial charge in [-0.15, -0.1) is 0 Å². The first-order valence-corrected chi connectivity index (χ1v) is 19.1. The lowest BCUT2D eigenvalue weighted by Crippen LogP contribution is -2.41. The molecular formula is C42H43BrN10O4. The van der Waals surface area contributed by atoms with E-state index in [1.54, 1.807) is 20.5 Å². The Morgan fingerprint density at radius 3 is 1.70 bits per heavy atom. The zero-order valence-corrected chi connectivity index (χ0v) is 34.3. The van der Waals surface area contributed by atoms with Crippen LogP contribution >= 0.6 is 15.9 Å². The van der Waals surface area contributed by atoms with Gasteiger partial charge in [0.05, 0.1) is 30.7 Å². The standard InChI is InChI=1S/C23H24N6O2.C19H19BrN4O2/c1-15-11-29(14-24-15)20-10-9-18(25-22(20)30-4)21-26-23(2,13-31-27-21)17-12-28(3)19-8-6-5-7-16(17)19;1-19(13-10-24(2)16-7-5-4-6-12(13)16)11-26-23-17(22-19)15-9-8-14(20)18(21-15)25-3/h5-12,14H,13H2,1-4H3,(H,26,27);4-10H,11H2,1-3H3,(H,22,23). The van der Waals surface area contributed by atoms with Crippen molar-refractivity contribution in [3.05, 3.63) is 130 Å². The average molecular weight is 832 g/mol. The fraction of sp³-hybridized carbons (Fsp3) is 0.262. The van der Waals surface area contributed by atoms with E-state index in [2.05, 4.69) is 101 Å². The number of nitrogens with zero attached hydrogens (tertiary/aromatic N) is 8. The predicted octanol–water partition coefficient (Wildman–Crippen LogP) is 6.81. The highest BCUT2D eigenvalue weighted by Crippen LogP contribution is 2.37. The zero-order valence-electron chi connectivity index (χ0n) is 32.7. The average Bonchev–Trinajstić information content (AvgIpc) is 3.93. The topological polar surface area (TPSA) is 139 Å². The van der Waals surface area contributed by atoms with Crippen LogP contribution in [0.2, 0.25) is 0 Å². The molecule has 2 aliphatic heterocycles. The van der Waals surface area contributed by atoms with Gasteiger partial charge >= 0.3 is 0 Å². The van der Waals surface area contributed by atoms with Crippen LogP contribution in [0.3, 0.4) is 0 Å². The number of hydroxylamine groups is 2. The number of ether oxygens (including phenoxy) is 2. The molecule has 14 nitrogen and oxygen atoms in total. The minimum atomic E-state index is -0.559. The molecule has 7 aromatic rings. The summed E-state index contributed by atoms with van der Waals surface area (Å²) in [6.45, 7) is 6.93. The van der Waals surface area contributed by atoms with Crippen molar-refractivity contribution in [3.8, 4) is 17.4 Å². The minimum Gasteiger partial charge on any atom is -0.480 e. The van der Waals surface area contributed by atoms with Crippen LogP contribution in [0.5, 0.6) is 11.8 Å². The van der Waals surface area contributed by atoms with Crippen molar-refractivity contribution in [3.63, 3.8) is 0 Å². The van der Waals surface area contributed by atoms with E-state index in [4.69, 9.17) is 29.1 Å². The lowest BCUT2D eigenvalue weighted by Gasteiger charge is -2.30. The number of aliphatic imine (C=N–C) groups is 2. The molecule has 5 aromatic heterocycles. The number of imidazole rings is 1. The molecule has 2 N–H and O–H groups in total. The number of benzene rings is 2. The first kappa shape index (κ1) is 37.9. The Kier molecular flexibility index (Phi) is 10.1. The molecule has 7 heterocycles. The molecule has 0 saturated carbocycles. The smallest absolute Gasteiger partial charge is 0.238 e. The second-order valence-corrected chi connectivity index (χ2v) is 15.3. The van der Waals surface area contributed by atoms with Crippen LogP contribution in [-0.4, -0.2) is 67.8 Å². The van der Waals surface area contributed by atoms with E-state index in [1.807, 2.05) is 80.3 Å². The van der Waals surface area contributed by atoms with E-state index in [9.17, 15) is 0 Å².